The van der Waals surface area contributed by atoms with E-state index in [-0.39, 0.29) is 18.1 Å². The van der Waals surface area contributed by atoms with Crippen LogP contribution in [0.1, 0.15) is 26.3 Å². The van der Waals surface area contributed by atoms with Crippen LogP contribution in [0.25, 0.3) is 0 Å². The Balaban J connectivity index is 2.91. The Labute approximate surface area is 118 Å². The van der Waals surface area contributed by atoms with Crippen molar-refractivity contribution in [3.63, 3.8) is 0 Å². The van der Waals surface area contributed by atoms with Gasteiger partial charge in [0.25, 0.3) is 0 Å². The fourth-order valence-electron chi connectivity index (χ4n) is 1.37. The Bertz CT molecular complexity index is 524. The van der Waals surface area contributed by atoms with Crippen LogP contribution < -0.4 is 16.4 Å². The first-order chi connectivity index (χ1) is 8.81. The second kappa shape index (κ2) is 6.46. The molecule has 0 aliphatic rings. The number of amides is 2. The van der Waals surface area contributed by atoms with Crippen molar-refractivity contribution in [1.29, 1.82) is 0 Å². The van der Waals surface area contributed by atoms with Gasteiger partial charge in [0.15, 0.2) is 0 Å². The highest BCUT2D eigenvalue weighted by Crippen LogP contribution is 2.20. The summed E-state index contributed by atoms with van der Waals surface area (Å²) in [5, 5.41) is 6.12. The first-order valence-electron chi connectivity index (χ1n) is 5.89. The molecule has 0 spiro atoms. The fourth-order valence-corrected chi connectivity index (χ4v) is 1.54. The van der Waals surface area contributed by atoms with Crippen molar-refractivity contribution in [3.05, 3.63) is 28.8 Å². The molecular weight excluding hydrogens is 262 g/mol. The predicted molar refractivity (Wildman–Crippen MR) is 79.3 cm³/mol. The maximum Gasteiger partial charge on any atom is 0.319 e. The summed E-state index contributed by atoms with van der Waals surface area (Å²) >= 11 is 5.91. The zero-order chi connectivity index (χ0) is 14.5. The molecule has 102 valence electrons. The monoisotopic (exact) mass is 279 g/mol. The van der Waals surface area contributed by atoms with E-state index >= 15 is 0 Å². The number of rotatable bonds is 1. The lowest BCUT2D eigenvalue weighted by Gasteiger charge is -2.21. The summed E-state index contributed by atoms with van der Waals surface area (Å²) in [6.07, 6.45) is 0. The number of anilines is 1. The van der Waals surface area contributed by atoms with Crippen molar-refractivity contribution in [2.75, 3.05) is 11.9 Å². The molecule has 0 saturated carbocycles. The van der Waals surface area contributed by atoms with Crippen molar-refractivity contribution in [3.8, 4) is 11.8 Å². The minimum absolute atomic E-state index is 0.250. The number of carbonyl (C=O) groups is 1. The topological polar surface area (TPSA) is 67.2 Å². The van der Waals surface area contributed by atoms with Crippen LogP contribution in [-0.4, -0.2) is 18.1 Å². The standard InChI is InChI=1S/C14H18ClN3O/c1-14(2,3)18-13(19)17-12-7-6-11(15)9-10(12)5-4-8-16/h6-7,9H,8,16H2,1-3H3,(H2,17,18,19). The number of hydrogen-bond acceptors (Lipinski definition) is 2. The number of halogens is 1. The van der Waals surface area contributed by atoms with Gasteiger partial charge in [-0.2, -0.15) is 0 Å². The zero-order valence-electron chi connectivity index (χ0n) is 11.3. The quantitative estimate of drug-likeness (QED) is 0.692. The molecule has 0 heterocycles. The van der Waals surface area contributed by atoms with Crippen molar-refractivity contribution in [2.24, 2.45) is 5.73 Å². The van der Waals surface area contributed by atoms with E-state index in [0.717, 1.165) is 0 Å². The van der Waals surface area contributed by atoms with Crippen molar-refractivity contribution < 1.29 is 4.79 Å². The van der Waals surface area contributed by atoms with Crippen molar-refractivity contribution in [1.82, 2.24) is 5.32 Å². The Morgan fingerprint density at radius 1 is 1.42 bits per heavy atom. The lowest BCUT2D eigenvalue weighted by molar-refractivity contribution is 0.244. The predicted octanol–water partition coefficient (Wildman–Crippen LogP) is 2.57. The summed E-state index contributed by atoms with van der Waals surface area (Å²) in [6.45, 7) is 5.97. The molecule has 0 atom stereocenters. The van der Waals surface area contributed by atoms with E-state index in [2.05, 4.69) is 22.5 Å². The molecule has 0 aromatic heterocycles. The van der Waals surface area contributed by atoms with E-state index in [1.54, 1.807) is 18.2 Å². The third-order valence-corrected chi connectivity index (χ3v) is 2.28. The highest BCUT2D eigenvalue weighted by atomic mass is 35.5. The van der Waals surface area contributed by atoms with Gasteiger partial charge in [0, 0.05) is 16.1 Å². The largest absolute Gasteiger partial charge is 0.333 e. The second-order valence-electron chi connectivity index (χ2n) is 5.02. The Morgan fingerprint density at radius 3 is 2.68 bits per heavy atom. The van der Waals surface area contributed by atoms with Gasteiger partial charge in [0.2, 0.25) is 0 Å². The number of nitrogens with two attached hydrogens (primary N) is 1. The molecule has 0 saturated heterocycles. The highest BCUT2D eigenvalue weighted by Gasteiger charge is 2.14. The molecule has 4 nitrogen and oxygen atoms in total. The number of urea groups is 1. The van der Waals surface area contributed by atoms with E-state index in [1.807, 2.05) is 20.8 Å². The van der Waals surface area contributed by atoms with E-state index in [9.17, 15) is 4.79 Å². The van der Waals surface area contributed by atoms with Crippen molar-refractivity contribution >= 4 is 23.3 Å². The lowest BCUT2D eigenvalue weighted by Crippen LogP contribution is -2.43. The molecule has 0 bridgehead atoms. The Hall–Kier alpha value is -1.70. The minimum Gasteiger partial charge on any atom is -0.333 e. The van der Waals surface area contributed by atoms with Gasteiger partial charge in [-0.1, -0.05) is 23.4 Å². The van der Waals surface area contributed by atoms with E-state index in [4.69, 9.17) is 17.3 Å². The van der Waals surface area contributed by atoms with Crippen LogP contribution in [0.2, 0.25) is 5.02 Å². The first-order valence-corrected chi connectivity index (χ1v) is 6.27. The third-order valence-electron chi connectivity index (χ3n) is 2.04. The summed E-state index contributed by atoms with van der Waals surface area (Å²) in [5.74, 6) is 5.62. The van der Waals surface area contributed by atoms with E-state index in [0.29, 0.717) is 16.3 Å². The zero-order valence-corrected chi connectivity index (χ0v) is 12.1. The molecule has 0 aliphatic carbocycles. The molecule has 5 heteroatoms. The Morgan fingerprint density at radius 2 is 2.11 bits per heavy atom. The lowest BCUT2D eigenvalue weighted by atomic mass is 10.1. The van der Waals surface area contributed by atoms with E-state index < -0.39 is 0 Å². The van der Waals surface area contributed by atoms with Gasteiger partial charge in [-0.15, -0.1) is 0 Å². The van der Waals surface area contributed by atoms with Crippen LogP contribution in [0.3, 0.4) is 0 Å². The molecule has 0 aliphatic heterocycles. The number of carbonyl (C=O) groups excluding carboxylic acids is 1. The van der Waals surface area contributed by atoms with Gasteiger partial charge in [0.05, 0.1) is 12.2 Å². The number of hydrogen-bond donors (Lipinski definition) is 3. The van der Waals surface area contributed by atoms with Crippen LogP contribution in [0.4, 0.5) is 10.5 Å². The Kier molecular flexibility index (Phi) is 5.22. The van der Waals surface area contributed by atoms with Crippen LogP contribution in [-0.2, 0) is 0 Å². The number of benzene rings is 1. The molecule has 2 amide bonds. The SMILES string of the molecule is CC(C)(C)NC(=O)Nc1ccc(Cl)cc1C#CCN. The normalized spacial score (nSPS) is 10.4. The summed E-state index contributed by atoms with van der Waals surface area (Å²) < 4.78 is 0. The molecule has 4 N–H and O–H groups in total. The minimum atomic E-state index is -0.306. The van der Waals surface area contributed by atoms with Gasteiger partial charge >= 0.3 is 6.03 Å². The van der Waals surface area contributed by atoms with Gasteiger partial charge < -0.3 is 16.4 Å². The average molecular weight is 280 g/mol. The summed E-state index contributed by atoms with van der Waals surface area (Å²) in [4.78, 5) is 11.8. The van der Waals surface area contributed by atoms with Crippen molar-refractivity contribution in [2.45, 2.75) is 26.3 Å². The summed E-state index contributed by atoms with van der Waals surface area (Å²) in [6, 6.07) is 4.81. The third kappa shape index (κ3) is 5.64. The van der Waals surface area contributed by atoms with Crippen LogP contribution in [0.5, 0.6) is 0 Å². The van der Waals surface area contributed by atoms with Gasteiger partial charge in [-0.05, 0) is 39.0 Å². The molecule has 1 rings (SSSR count). The maximum absolute atomic E-state index is 11.8. The van der Waals surface area contributed by atoms with Gasteiger partial charge in [-0.3, -0.25) is 0 Å². The van der Waals surface area contributed by atoms with Crippen LogP contribution >= 0.6 is 11.6 Å². The van der Waals surface area contributed by atoms with Crippen LogP contribution in [0.15, 0.2) is 18.2 Å². The molecular formula is C14H18ClN3O. The first kappa shape index (κ1) is 15.4. The smallest absolute Gasteiger partial charge is 0.319 e. The van der Waals surface area contributed by atoms with Gasteiger partial charge in [-0.25, -0.2) is 4.79 Å². The molecule has 19 heavy (non-hydrogen) atoms. The summed E-state index contributed by atoms with van der Waals surface area (Å²) in [7, 11) is 0. The van der Waals surface area contributed by atoms with Gasteiger partial charge in [0.1, 0.15) is 0 Å². The summed E-state index contributed by atoms with van der Waals surface area (Å²) in [5.41, 5.74) is 6.28. The average Bonchev–Trinajstić information content (AvgIpc) is 2.27. The number of nitrogens with one attached hydrogen (secondary N) is 2. The second-order valence-corrected chi connectivity index (χ2v) is 5.46. The fraction of sp³-hybridized carbons (Fsp3) is 0.357. The maximum atomic E-state index is 11.8. The molecule has 1 aromatic carbocycles. The highest BCUT2D eigenvalue weighted by molar-refractivity contribution is 6.30. The molecule has 0 radical (unpaired) electrons. The molecule has 1 aromatic rings. The van der Waals surface area contributed by atoms with E-state index in [1.165, 1.54) is 0 Å². The molecule has 0 fully saturated rings. The van der Waals surface area contributed by atoms with Crippen LogP contribution in [0, 0.1) is 11.8 Å². The molecule has 0 unspecified atom stereocenters.